The van der Waals surface area contributed by atoms with Gasteiger partial charge >= 0.3 is 6.01 Å². The molecule has 0 atom stereocenters. The van der Waals surface area contributed by atoms with Crippen molar-refractivity contribution in [3.8, 4) is 11.9 Å². The van der Waals surface area contributed by atoms with Gasteiger partial charge in [0.25, 0.3) is 0 Å². The Bertz CT molecular complexity index is 536. The molecule has 3 N–H and O–H groups in total. The van der Waals surface area contributed by atoms with Crippen molar-refractivity contribution in [3.05, 3.63) is 17.7 Å². The molecule has 0 spiro atoms. The zero-order valence-electron chi connectivity index (χ0n) is 9.80. The largest absolute Gasteiger partial charge is 0.404 e. The average molecular weight is 235 g/mol. The van der Waals surface area contributed by atoms with Crippen LogP contribution in [-0.2, 0) is 7.05 Å². The number of aromatic nitrogens is 5. The van der Waals surface area contributed by atoms with Gasteiger partial charge in [-0.05, 0) is 13.8 Å². The molecule has 0 aliphatic heterocycles. The van der Waals surface area contributed by atoms with Crippen LogP contribution in [-0.4, -0.2) is 24.7 Å². The van der Waals surface area contributed by atoms with Gasteiger partial charge < -0.3 is 10.2 Å². The molecule has 0 bridgehead atoms. The van der Waals surface area contributed by atoms with E-state index in [-0.39, 0.29) is 6.01 Å². The van der Waals surface area contributed by atoms with Gasteiger partial charge in [0, 0.05) is 7.05 Å². The lowest BCUT2D eigenvalue weighted by molar-refractivity contribution is 0.417. The zero-order chi connectivity index (χ0) is 12.4. The molecule has 0 saturated carbocycles. The number of nitrogens with one attached hydrogen (secondary N) is 1. The molecule has 0 radical (unpaired) electrons. The van der Waals surface area contributed by atoms with Gasteiger partial charge in [-0.15, -0.1) is 5.10 Å². The van der Waals surface area contributed by atoms with Crippen molar-refractivity contribution in [1.82, 2.24) is 24.7 Å². The van der Waals surface area contributed by atoms with Crippen LogP contribution in [0.4, 0.5) is 5.82 Å². The third-order valence-electron chi connectivity index (χ3n) is 2.12. The molecule has 2 aromatic rings. The fourth-order valence-electron chi connectivity index (χ4n) is 1.30. The molecule has 8 nitrogen and oxygen atoms in total. The minimum absolute atomic E-state index is 0.233. The maximum atomic E-state index is 5.46. The summed E-state index contributed by atoms with van der Waals surface area (Å²) in [5, 5.41) is 4.00. The normalized spacial score (nSPS) is 10.4. The maximum absolute atomic E-state index is 5.46. The first-order valence-electron chi connectivity index (χ1n) is 4.95. The number of rotatable bonds is 3. The third kappa shape index (κ3) is 2.31. The van der Waals surface area contributed by atoms with Crippen LogP contribution >= 0.6 is 0 Å². The highest BCUT2D eigenvalue weighted by atomic mass is 16.5. The number of nitrogens with zero attached hydrogens (tertiary/aromatic N) is 5. The number of ether oxygens (including phenoxy) is 1. The fraction of sp³-hybridized carbons (Fsp3) is 0.333. The van der Waals surface area contributed by atoms with Crippen LogP contribution in [0.1, 0.15) is 11.4 Å². The lowest BCUT2D eigenvalue weighted by atomic mass is 10.3. The molecule has 2 heterocycles. The molecule has 8 heteroatoms. The highest BCUT2D eigenvalue weighted by Crippen LogP contribution is 2.24. The van der Waals surface area contributed by atoms with Gasteiger partial charge in [-0.1, -0.05) is 0 Å². The highest BCUT2D eigenvalue weighted by Gasteiger charge is 2.12. The monoisotopic (exact) mass is 235 g/mol. The molecule has 0 unspecified atom stereocenters. The molecule has 17 heavy (non-hydrogen) atoms. The van der Waals surface area contributed by atoms with Gasteiger partial charge in [0.1, 0.15) is 18.0 Å². The number of nitrogens with two attached hydrogens (primary N) is 1. The Labute approximate surface area is 97.8 Å². The van der Waals surface area contributed by atoms with Gasteiger partial charge in [-0.3, -0.25) is 4.68 Å². The molecule has 0 aromatic carbocycles. The van der Waals surface area contributed by atoms with Crippen molar-refractivity contribution in [2.75, 3.05) is 5.43 Å². The first-order valence-corrected chi connectivity index (χ1v) is 4.95. The Kier molecular flexibility index (Phi) is 2.88. The molecule has 0 saturated heterocycles. The molecule has 0 aliphatic rings. The van der Waals surface area contributed by atoms with E-state index < -0.39 is 0 Å². The second-order valence-electron chi connectivity index (χ2n) is 3.50. The molecule has 2 aromatic heterocycles. The van der Waals surface area contributed by atoms with Crippen molar-refractivity contribution in [2.45, 2.75) is 13.8 Å². The van der Waals surface area contributed by atoms with Crippen LogP contribution in [0.5, 0.6) is 11.9 Å². The number of hydrazine groups is 1. The Morgan fingerprint density at radius 3 is 2.71 bits per heavy atom. The van der Waals surface area contributed by atoms with E-state index in [1.54, 1.807) is 31.9 Å². The summed E-state index contributed by atoms with van der Waals surface area (Å²) in [5.74, 6) is 6.81. The summed E-state index contributed by atoms with van der Waals surface area (Å²) in [6.07, 6.45) is 1.54. The Hall–Kier alpha value is -2.22. The Morgan fingerprint density at radius 1 is 1.35 bits per heavy atom. The molecular weight excluding hydrogens is 222 g/mol. The van der Waals surface area contributed by atoms with Crippen LogP contribution in [0, 0.1) is 13.8 Å². The van der Waals surface area contributed by atoms with Gasteiger partial charge in [-0.25, -0.2) is 10.8 Å². The average Bonchev–Trinajstić information content (AvgIpc) is 2.69. The fourth-order valence-corrected chi connectivity index (χ4v) is 1.30. The van der Waals surface area contributed by atoms with Gasteiger partial charge in [-0.2, -0.15) is 9.97 Å². The van der Waals surface area contributed by atoms with E-state index in [1.807, 2.05) is 0 Å². The van der Waals surface area contributed by atoms with E-state index >= 15 is 0 Å². The van der Waals surface area contributed by atoms with E-state index in [1.165, 1.54) is 0 Å². The van der Waals surface area contributed by atoms with Crippen molar-refractivity contribution in [2.24, 2.45) is 12.9 Å². The number of hydrogen-bond acceptors (Lipinski definition) is 7. The summed E-state index contributed by atoms with van der Waals surface area (Å²) in [6, 6.07) is 0.233. The van der Waals surface area contributed by atoms with Gasteiger partial charge in [0.2, 0.25) is 5.88 Å². The summed E-state index contributed by atoms with van der Waals surface area (Å²) in [5.41, 5.74) is 3.19. The number of aryl methyl sites for hydroxylation is 2. The van der Waals surface area contributed by atoms with Crippen molar-refractivity contribution >= 4 is 5.82 Å². The SMILES string of the molecule is Cc1nc(NN)c(C)c(Oc2ncn(C)n2)n1. The van der Waals surface area contributed by atoms with Gasteiger partial charge in [0.15, 0.2) is 0 Å². The second-order valence-corrected chi connectivity index (χ2v) is 3.50. The van der Waals surface area contributed by atoms with Crippen LogP contribution in [0.2, 0.25) is 0 Å². The lowest BCUT2D eigenvalue weighted by Crippen LogP contribution is -2.12. The minimum Gasteiger partial charge on any atom is -0.404 e. The molecule has 2 rings (SSSR count). The van der Waals surface area contributed by atoms with Crippen LogP contribution in [0.25, 0.3) is 0 Å². The zero-order valence-corrected chi connectivity index (χ0v) is 9.80. The second kappa shape index (κ2) is 4.34. The Morgan fingerprint density at radius 2 is 2.12 bits per heavy atom. The highest BCUT2D eigenvalue weighted by molar-refractivity contribution is 5.47. The molecule has 0 aliphatic carbocycles. The van der Waals surface area contributed by atoms with Gasteiger partial charge in [0.05, 0.1) is 5.56 Å². The first-order chi connectivity index (χ1) is 8.10. The predicted octanol–water partition coefficient (Wildman–Crippen LogP) is 0.300. The molecular formula is C9H13N7O. The summed E-state index contributed by atoms with van der Waals surface area (Å²) in [4.78, 5) is 12.2. The molecule has 0 fully saturated rings. The summed E-state index contributed by atoms with van der Waals surface area (Å²) in [6.45, 7) is 3.55. The van der Waals surface area contributed by atoms with E-state index in [4.69, 9.17) is 10.6 Å². The van der Waals surface area contributed by atoms with Crippen molar-refractivity contribution in [1.29, 1.82) is 0 Å². The van der Waals surface area contributed by atoms with E-state index in [2.05, 4.69) is 25.5 Å². The smallest absolute Gasteiger partial charge is 0.342 e. The first kappa shape index (κ1) is 11.3. The maximum Gasteiger partial charge on any atom is 0.342 e. The van der Waals surface area contributed by atoms with Crippen LogP contribution < -0.4 is 16.0 Å². The summed E-state index contributed by atoms with van der Waals surface area (Å²) >= 11 is 0. The van der Waals surface area contributed by atoms with E-state index in [0.717, 1.165) is 0 Å². The third-order valence-corrected chi connectivity index (χ3v) is 2.12. The minimum atomic E-state index is 0.233. The van der Waals surface area contributed by atoms with Crippen LogP contribution in [0.15, 0.2) is 6.33 Å². The number of nitrogen functional groups attached to an aromatic ring is 1. The van der Waals surface area contributed by atoms with E-state index in [0.29, 0.717) is 23.1 Å². The number of hydrogen-bond donors (Lipinski definition) is 2. The molecule has 0 amide bonds. The van der Waals surface area contributed by atoms with Crippen molar-refractivity contribution < 1.29 is 4.74 Å². The standard InChI is InChI=1S/C9H13N7O/c1-5-7(14-10)12-6(2)13-8(5)17-9-11-4-16(3)15-9/h4H,10H2,1-3H3,(H,12,13,14). The quantitative estimate of drug-likeness (QED) is 0.582. The topological polar surface area (TPSA) is 104 Å². The molecule has 90 valence electrons. The predicted molar refractivity (Wildman–Crippen MR) is 60.4 cm³/mol. The van der Waals surface area contributed by atoms with Crippen LogP contribution in [0.3, 0.4) is 0 Å². The summed E-state index contributed by atoms with van der Waals surface area (Å²) < 4.78 is 7.01. The Balaban J connectivity index is 2.35. The van der Waals surface area contributed by atoms with E-state index in [9.17, 15) is 0 Å². The summed E-state index contributed by atoms with van der Waals surface area (Å²) in [7, 11) is 1.75. The lowest BCUT2D eigenvalue weighted by Gasteiger charge is -2.09. The van der Waals surface area contributed by atoms with Crippen molar-refractivity contribution in [3.63, 3.8) is 0 Å². The number of anilines is 1.